The maximum absolute atomic E-state index is 14.0. The van der Waals surface area contributed by atoms with Crippen molar-refractivity contribution in [2.45, 2.75) is 19.8 Å². The van der Waals surface area contributed by atoms with E-state index in [-0.39, 0.29) is 18.2 Å². The Kier molecular flexibility index (Phi) is 6.47. The predicted molar refractivity (Wildman–Crippen MR) is 114 cm³/mol. The minimum Gasteiger partial charge on any atom is -0.505 e. The summed E-state index contributed by atoms with van der Waals surface area (Å²) in [5, 5.41) is 16.5. The molecule has 0 unspecified atom stereocenters. The van der Waals surface area contributed by atoms with Crippen molar-refractivity contribution >= 4 is 34.9 Å². The van der Waals surface area contributed by atoms with Crippen LogP contribution in [0.3, 0.4) is 0 Å². The Morgan fingerprint density at radius 3 is 2.53 bits per heavy atom. The van der Waals surface area contributed by atoms with Crippen molar-refractivity contribution in [1.82, 2.24) is 20.2 Å². The van der Waals surface area contributed by atoms with Gasteiger partial charge in [-0.25, -0.2) is 18.7 Å². The Hall–Kier alpha value is -3.26. The van der Waals surface area contributed by atoms with Crippen molar-refractivity contribution < 1.29 is 13.9 Å². The summed E-state index contributed by atoms with van der Waals surface area (Å²) >= 11 is 0. The second kappa shape index (κ2) is 9.04. The zero-order valence-electron chi connectivity index (χ0n) is 16.1. The van der Waals surface area contributed by atoms with Crippen molar-refractivity contribution in [3.05, 3.63) is 60.3 Å². The first kappa shape index (κ1) is 21.4. The lowest BCUT2D eigenvalue weighted by molar-refractivity contribution is 0.432. The van der Waals surface area contributed by atoms with Crippen LogP contribution < -0.4 is 4.90 Å². The third-order valence-corrected chi connectivity index (χ3v) is 4.62. The second-order valence-corrected chi connectivity index (χ2v) is 6.65. The molecular weight excluding hydrogens is 412 g/mol. The van der Waals surface area contributed by atoms with E-state index in [9.17, 15) is 13.9 Å². The number of aromatic nitrogens is 4. The highest BCUT2D eigenvalue weighted by Gasteiger charge is 2.19. The number of phenolic OH excluding ortho intramolecular Hbond substituents is 1. The smallest absolute Gasteiger partial charge is 0.166 e. The van der Waals surface area contributed by atoms with Gasteiger partial charge in [0.2, 0.25) is 0 Å². The largest absolute Gasteiger partial charge is 0.505 e. The van der Waals surface area contributed by atoms with Gasteiger partial charge < -0.3 is 10.0 Å². The zero-order valence-corrected chi connectivity index (χ0v) is 17.0. The molecule has 2 N–H and O–H groups in total. The standard InChI is InChI=1S/C21H19F2N5O.ClH/c1-2-3-10-28(15-8-9-18(29)16(23)11-15)21-19-17(12-24-27-19)25-20(26-21)13-4-6-14(22)7-5-13;/h4-9,11-12,29H,2-3,10H2,1H3,(H,24,27);1H. The quantitative estimate of drug-likeness (QED) is 0.429. The SMILES string of the molecule is CCCCN(c1ccc(O)c(F)c1)c1nc(-c2ccc(F)cc2)nc2cn[nH]c12.Cl. The Balaban J connectivity index is 0.00000256. The summed E-state index contributed by atoms with van der Waals surface area (Å²) in [5.41, 5.74) is 2.41. The average molecular weight is 432 g/mol. The van der Waals surface area contributed by atoms with Crippen LogP contribution in [0.1, 0.15) is 19.8 Å². The molecule has 0 saturated carbocycles. The van der Waals surface area contributed by atoms with Crippen LogP contribution >= 0.6 is 12.4 Å². The highest BCUT2D eigenvalue weighted by atomic mass is 35.5. The van der Waals surface area contributed by atoms with E-state index in [0.717, 1.165) is 12.8 Å². The topological polar surface area (TPSA) is 77.9 Å². The minimum absolute atomic E-state index is 0. The van der Waals surface area contributed by atoms with Crippen LogP contribution in [0.2, 0.25) is 0 Å². The van der Waals surface area contributed by atoms with E-state index in [1.165, 1.54) is 24.3 Å². The third kappa shape index (κ3) is 4.18. The normalized spacial score (nSPS) is 10.8. The molecule has 4 aromatic rings. The number of nitrogens with zero attached hydrogens (tertiary/aromatic N) is 4. The second-order valence-electron chi connectivity index (χ2n) is 6.65. The molecule has 30 heavy (non-hydrogen) atoms. The number of nitrogens with one attached hydrogen (secondary N) is 1. The van der Waals surface area contributed by atoms with E-state index in [2.05, 4.69) is 22.1 Å². The molecule has 2 aromatic heterocycles. The minimum atomic E-state index is -0.710. The number of aromatic hydroxyl groups is 1. The van der Waals surface area contributed by atoms with E-state index in [1.807, 2.05) is 4.90 Å². The van der Waals surface area contributed by atoms with Crippen LogP contribution in [0.5, 0.6) is 5.75 Å². The van der Waals surface area contributed by atoms with E-state index < -0.39 is 11.6 Å². The molecule has 6 nitrogen and oxygen atoms in total. The summed E-state index contributed by atoms with van der Waals surface area (Å²) in [6.45, 7) is 2.64. The van der Waals surface area contributed by atoms with Crippen molar-refractivity contribution in [2.75, 3.05) is 11.4 Å². The summed E-state index contributed by atoms with van der Waals surface area (Å²) in [4.78, 5) is 11.1. The number of fused-ring (bicyclic) bond motifs is 1. The zero-order chi connectivity index (χ0) is 20.4. The van der Waals surface area contributed by atoms with Crippen molar-refractivity contribution in [1.29, 1.82) is 0 Å². The molecule has 156 valence electrons. The molecule has 0 aliphatic rings. The number of hydrogen-bond donors (Lipinski definition) is 2. The van der Waals surface area contributed by atoms with Gasteiger partial charge in [-0.1, -0.05) is 13.3 Å². The maximum atomic E-state index is 14.0. The molecule has 0 atom stereocenters. The molecule has 9 heteroatoms. The number of anilines is 2. The molecule has 2 heterocycles. The highest BCUT2D eigenvalue weighted by Crippen LogP contribution is 2.33. The first-order chi connectivity index (χ1) is 14.1. The van der Waals surface area contributed by atoms with Crippen molar-refractivity contribution in [3.63, 3.8) is 0 Å². The lowest BCUT2D eigenvalue weighted by Crippen LogP contribution is -2.20. The van der Waals surface area contributed by atoms with Gasteiger partial charge in [-0.15, -0.1) is 12.4 Å². The summed E-state index contributed by atoms with van der Waals surface area (Å²) in [6.07, 6.45) is 3.36. The molecule has 0 amide bonds. The number of unbranched alkanes of at least 4 members (excludes halogenated alkanes) is 1. The Labute approximate surface area is 178 Å². The van der Waals surface area contributed by atoms with Gasteiger partial charge in [-0.2, -0.15) is 5.10 Å². The molecular formula is C21H20ClF2N5O. The van der Waals surface area contributed by atoms with E-state index in [0.29, 0.717) is 40.5 Å². The van der Waals surface area contributed by atoms with Gasteiger partial charge in [0.05, 0.1) is 6.20 Å². The van der Waals surface area contributed by atoms with Gasteiger partial charge in [0.25, 0.3) is 0 Å². The fraction of sp³-hybridized carbons (Fsp3) is 0.190. The van der Waals surface area contributed by atoms with Gasteiger partial charge in [-0.05, 0) is 42.8 Å². The van der Waals surface area contributed by atoms with Crippen LogP contribution in [0.25, 0.3) is 22.4 Å². The number of H-pyrrole nitrogens is 1. The molecule has 0 fully saturated rings. The number of phenols is 1. The number of halogens is 3. The Morgan fingerprint density at radius 1 is 1.07 bits per heavy atom. The summed E-state index contributed by atoms with van der Waals surface area (Å²) in [7, 11) is 0. The first-order valence-corrected chi connectivity index (χ1v) is 9.30. The van der Waals surface area contributed by atoms with Gasteiger partial charge in [-0.3, -0.25) is 5.10 Å². The highest BCUT2D eigenvalue weighted by molar-refractivity contribution is 5.89. The molecule has 0 aliphatic carbocycles. The van der Waals surface area contributed by atoms with Crippen molar-refractivity contribution in [3.8, 4) is 17.1 Å². The van der Waals surface area contributed by atoms with Crippen LogP contribution in [0.4, 0.5) is 20.3 Å². The summed E-state index contributed by atoms with van der Waals surface area (Å²) in [5.74, 6) is -0.522. The maximum Gasteiger partial charge on any atom is 0.166 e. The molecule has 2 aromatic carbocycles. The first-order valence-electron chi connectivity index (χ1n) is 9.30. The third-order valence-electron chi connectivity index (χ3n) is 4.62. The van der Waals surface area contributed by atoms with Gasteiger partial charge >= 0.3 is 0 Å². The molecule has 0 aliphatic heterocycles. The number of aromatic amines is 1. The van der Waals surface area contributed by atoms with Gasteiger partial charge in [0.1, 0.15) is 16.9 Å². The predicted octanol–water partition coefficient (Wildman–Crippen LogP) is 5.36. The van der Waals surface area contributed by atoms with E-state index >= 15 is 0 Å². The fourth-order valence-corrected chi connectivity index (χ4v) is 3.09. The number of hydrogen-bond acceptors (Lipinski definition) is 5. The molecule has 0 saturated heterocycles. The fourth-order valence-electron chi connectivity index (χ4n) is 3.09. The number of rotatable bonds is 6. The summed E-state index contributed by atoms with van der Waals surface area (Å²) < 4.78 is 27.4. The molecule has 0 radical (unpaired) electrons. The van der Waals surface area contributed by atoms with E-state index in [1.54, 1.807) is 24.4 Å². The average Bonchev–Trinajstić information content (AvgIpc) is 3.20. The monoisotopic (exact) mass is 431 g/mol. The lowest BCUT2D eigenvalue weighted by atomic mass is 10.2. The van der Waals surface area contributed by atoms with Crippen LogP contribution in [-0.2, 0) is 0 Å². The number of benzene rings is 2. The Morgan fingerprint density at radius 2 is 1.83 bits per heavy atom. The van der Waals surface area contributed by atoms with E-state index in [4.69, 9.17) is 4.98 Å². The molecule has 0 bridgehead atoms. The van der Waals surface area contributed by atoms with Crippen molar-refractivity contribution in [2.24, 2.45) is 0 Å². The van der Waals surface area contributed by atoms with Gasteiger partial charge in [0.15, 0.2) is 23.2 Å². The van der Waals surface area contributed by atoms with Crippen LogP contribution in [0, 0.1) is 11.6 Å². The molecule has 0 spiro atoms. The molecule has 4 rings (SSSR count). The van der Waals surface area contributed by atoms with Gasteiger partial charge in [0, 0.05) is 23.9 Å². The van der Waals surface area contributed by atoms with Crippen LogP contribution in [-0.4, -0.2) is 31.8 Å². The lowest BCUT2D eigenvalue weighted by Gasteiger charge is -2.24. The Bertz CT molecular complexity index is 1150. The van der Waals surface area contributed by atoms with Crippen LogP contribution in [0.15, 0.2) is 48.7 Å². The summed E-state index contributed by atoms with van der Waals surface area (Å²) in [6, 6.07) is 10.1.